The first-order valence-corrected chi connectivity index (χ1v) is 21.1. The van der Waals surface area contributed by atoms with E-state index >= 15 is 0 Å². The number of aryl methyl sites for hydroxylation is 4. The summed E-state index contributed by atoms with van der Waals surface area (Å²) in [5.74, 6) is -3.23. The number of alkyl halides is 2. The second-order valence-electron chi connectivity index (χ2n) is 16.7. The number of aromatic nitrogens is 2. The molecule has 7 heteroatoms. The Balaban J connectivity index is 0.000000260. The van der Waals surface area contributed by atoms with Crippen molar-refractivity contribution in [2.24, 2.45) is 11.8 Å². The van der Waals surface area contributed by atoms with Gasteiger partial charge in [-0.2, -0.15) is 0 Å². The van der Waals surface area contributed by atoms with Gasteiger partial charge >= 0.3 is 0 Å². The van der Waals surface area contributed by atoms with Gasteiger partial charge in [0.05, 0.1) is 11.2 Å². The van der Waals surface area contributed by atoms with Crippen molar-refractivity contribution >= 4 is 27.3 Å². The number of benzene rings is 4. The maximum Gasteiger partial charge on any atom is 0.246 e. The molecule has 0 aliphatic heterocycles. The fraction of sp³-hybridized carbons (Fsp3) is 0.389. The van der Waals surface area contributed by atoms with Crippen molar-refractivity contribution in [3.05, 3.63) is 142 Å². The number of carbonyl (C=O) groups is 1. The van der Waals surface area contributed by atoms with Gasteiger partial charge in [-0.25, -0.2) is 8.78 Å². The molecule has 1 N–H and O–H groups in total. The molecule has 1 radical (unpaired) electrons. The zero-order valence-electron chi connectivity index (χ0n) is 41.8. The van der Waals surface area contributed by atoms with E-state index in [4.69, 9.17) is 5.48 Å². The quantitative estimate of drug-likeness (QED) is 0.0754. The van der Waals surface area contributed by atoms with E-state index in [1.807, 2.05) is 77.9 Å². The number of aliphatic hydroxyl groups excluding tert-OH is 1. The Labute approximate surface area is 383 Å². The molecule has 0 amide bonds. The molecule has 0 aliphatic rings. The molecule has 6 aromatic rings. The Morgan fingerprint density at radius 3 is 1.48 bits per heavy atom. The fourth-order valence-corrected chi connectivity index (χ4v) is 7.29. The van der Waals surface area contributed by atoms with E-state index in [0.29, 0.717) is 31.1 Å². The standard InChI is InChI=1S/2C20H20N.C14H24F2O2.Ir/c2*1-13(2)16-5-6-19-17(12-16)7-8-21-20(19)18-10-14(3)9-15(4)11-18;1-5-10(6-2)12(17)8-13(18)11(7-3)9-14(4,15)16;/h2*5-10,12-13H,1-4H3;8,10-11,18H,5-7,9H2,1-4H3;/q2*-1;;/b;;13-8-;/i2*7D,8D;;. The number of nitrogens with zero attached hydrogens (tertiary/aromatic N) is 2. The van der Waals surface area contributed by atoms with E-state index < -0.39 is 18.3 Å². The van der Waals surface area contributed by atoms with Crippen LogP contribution in [-0.4, -0.2) is 26.8 Å². The van der Waals surface area contributed by atoms with Gasteiger partial charge in [-0.3, -0.25) is 4.79 Å². The van der Waals surface area contributed by atoms with Crippen LogP contribution in [0.25, 0.3) is 44.1 Å². The zero-order chi connectivity index (χ0) is 47.8. The summed E-state index contributed by atoms with van der Waals surface area (Å²) in [6, 6.07) is 27.5. The first-order valence-electron chi connectivity index (χ1n) is 23.1. The van der Waals surface area contributed by atoms with Crippen LogP contribution in [0, 0.1) is 51.7 Å². The number of halogens is 2. The van der Waals surface area contributed by atoms with Crippen LogP contribution in [-0.2, 0) is 24.9 Å². The third kappa shape index (κ3) is 14.5. The Morgan fingerprint density at radius 1 is 0.721 bits per heavy atom. The Morgan fingerprint density at radius 2 is 1.13 bits per heavy atom. The zero-order valence-corrected chi connectivity index (χ0v) is 40.2. The van der Waals surface area contributed by atoms with Crippen LogP contribution < -0.4 is 0 Å². The van der Waals surface area contributed by atoms with Gasteiger partial charge < -0.3 is 15.1 Å². The molecule has 0 saturated heterocycles. The van der Waals surface area contributed by atoms with Crippen molar-refractivity contribution in [2.75, 3.05) is 0 Å². The van der Waals surface area contributed by atoms with Crippen LogP contribution in [0.1, 0.15) is 132 Å². The molecule has 0 aliphatic carbocycles. The van der Waals surface area contributed by atoms with Gasteiger partial charge in [0.1, 0.15) is 0 Å². The summed E-state index contributed by atoms with van der Waals surface area (Å²) in [7, 11) is 0. The fourth-order valence-electron chi connectivity index (χ4n) is 7.29. The SMILES string of the molecule is CCC(CC)C(=O)/C=C(\O)C(CC)CC(C)(F)F.[2H]c1nc(-c2[c-]c(C)cc(C)c2)c2ccc(C(C)C)cc2c1[2H].[2H]c1nc(-c2[c-]c(C)cc(C)c2)c2ccc(C(C)C)cc2c1[2H].[Ir]. The van der Waals surface area contributed by atoms with E-state index in [1.54, 1.807) is 6.92 Å². The van der Waals surface area contributed by atoms with Crippen LogP contribution in [0.2, 0.25) is 0 Å². The molecule has 6 rings (SSSR count). The smallest absolute Gasteiger partial charge is 0.246 e. The maximum atomic E-state index is 12.9. The molecule has 4 aromatic carbocycles. The van der Waals surface area contributed by atoms with Crippen LogP contribution in [0.15, 0.2) is 96.9 Å². The molecule has 4 nitrogen and oxygen atoms in total. The number of carbonyl (C=O) groups excluding carboxylic acids is 1. The van der Waals surface area contributed by atoms with E-state index in [1.165, 1.54) is 11.1 Å². The van der Waals surface area contributed by atoms with Gasteiger partial charge in [-0.15, -0.1) is 69.8 Å². The Kier molecular flexibility index (Phi) is 16.8. The Bertz CT molecular complexity index is 2450. The maximum absolute atomic E-state index is 12.9. The predicted molar refractivity (Wildman–Crippen MR) is 248 cm³/mol. The summed E-state index contributed by atoms with van der Waals surface area (Å²) in [6.45, 7) is 23.0. The van der Waals surface area contributed by atoms with Crippen LogP contribution in [0.3, 0.4) is 0 Å². The minimum Gasteiger partial charge on any atom is -0.512 e. The van der Waals surface area contributed by atoms with E-state index in [0.717, 1.165) is 79.3 Å². The molecular weight excluding hydrogens is 939 g/mol. The molecule has 2 aromatic heterocycles. The number of fused-ring (bicyclic) bond motifs is 2. The van der Waals surface area contributed by atoms with Gasteiger partial charge in [0, 0.05) is 56.8 Å². The van der Waals surface area contributed by atoms with Gasteiger partial charge in [0.2, 0.25) is 5.92 Å². The number of allylic oxidation sites excluding steroid dienone is 2. The van der Waals surface area contributed by atoms with Crippen LogP contribution in [0.5, 0.6) is 0 Å². The van der Waals surface area contributed by atoms with E-state index in [-0.39, 0.29) is 62.0 Å². The van der Waals surface area contributed by atoms with Crippen LogP contribution >= 0.6 is 0 Å². The molecular formula is C54H64F2IrN2O2-2. The number of aliphatic hydroxyl groups is 1. The van der Waals surface area contributed by atoms with Crippen molar-refractivity contribution in [3.8, 4) is 22.5 Å². The summed E-state index contributed by atoms with van der Waals surface area (Å²) < 4.78 is 58.4. The molecule has 1 unspecified atom stereocenters. The predicted octanol–water partition coefficient (Wildman–Crippen LogP) is 15.4. The van der Waals surface area contributed by atoms with E-state index in [9.17, 15) is 18.7 Å². The first-order chi connectivity index (χ1) is 30.0. The Hall–Kier alpha value is -4.58. The van der Waals surface area contributed by atoms with Gasteiger partial charge in [-0.05, 0) is 94.2 Å². The minimum atomic E-state index is -2.83. The normalized spacial score (nSPS) is 13.1. The molecule has 0 bridgehead atoms. The van der Waals surface area contributed by atoms with Crippen molar-refractivity contribution in [1.82, 2.24) is 9.97 Å². The number of ketones is 1. The van der Waals surface area contributed by atoms with Gasteiger partial charge in [0.15, 0.2) is 5.78 Å². The van der Waals surface area contributed by atoms with Gasteiger partial charge in [0.25, 0.3) is 0 Å². The van der Waals surface area contributed by atoms with Crippen molar-refractivity contribution in [1.29, 1.82) is 0 Å². The van der Waals surface area contributed by atoms with Crippen molar-refractivity contribution < 1.29 is 44.3 Å². The third-order valence-electron chi connectivity index (χ3n) is 10.6. The second-order valence-corrected chi connectivity index (χ2v) is 16.7. The average molecular weight is 1010 g/mol. The molecule has 0 fully saturated rings. The second kappa shape index (κ2) is 23.0. The molecule has 0 saturated carbocycles. The average Bonchev–Trinajstić information content (AvgIpc) is 3.22. The number of hydrogen-bond donors (Lipinski definition) is 1. The van der Waals surface area contributed by atoms with E-state index in [2.05, 4.69) is 74.1 Å². The van der Waals surface area contributed by atoms with Gasteiger partial charge in [-0.1, -0.05) is 113 Å². The molecule has 1 atom stereocenters. The van der Waals surface area contributed by atoms with Crippen molar-refractivity contribution in [3.63, 3.8) is 0 Å². The summed E-state index contributed by atoms with van der Waals surface area (Å²) in [6.07, 6.45) is 2.52. The monoisotopic (exact) mass is 1010 g/mol. The largest absolute Gasteiger partial charge is 0.512 e. The van der Waals surface area contributed by atoms with Crippen molar-refractivity contribution in [2.45, 2.75) is 127 Å². The molecule has 0 spiro atoms. The topological polar surface area (TPSA) is 63.1 Å². The summed E-state index contributed by atoms with van der Waals surface area (Å²) >= 11 is 0. The number of pyridine rings is 2. The number of hydrogen-bond acceptors (Lipinski definition) is 4. The molecule has 327 valence electrons. The summed E-state index contributed by atoms with van der Waals surface area (Å²) in [4.78, 5) is 20.5. The van der Waals surface area contributed by atoms with Crippen LogP contribution in [0.4, 0.5) is 8.78 Å². The minimum absolute atomic E-state index is 0. The third-order valence-corrected chi connectivity index (χ3v) is 10.6. The summed E-state index contributed by atoms with van der Waals surface area (Å²) in [5, 5.41) is 13.2. The molecule has 61 heavy (non-hydrogen) atoms. The summed E-state index contributed by atoms with van der Waals surface area (Å²) in [5.41, 5.74) is 9.99. The number of rotatable bonds is 12. The molecule has 2 heterocycles. The first kappa shape index (κ1) is 44.5.